The molecule has 1 aliphatic rings. The fourth-order valence-electron chi connectivity index (χ4n) is 2.73. The van der Waals surface area contributed by atoms with Gasteiger partial charge in [0.05, 0.1) is 6.04 Å². The van der Waals surface area contributed by atoms with Crippen LogP contribution in [0.3, 0.4) is 0 Å². The average molecular weight is 293 g/mol. The molecular formula is C16H27N3O2. The van der Waals surface area contributed by atoms with E-state index in [0.29, 0.717) is 12.5 Å². The highest BCUT2D eigenvalue weighted by molar-refractivity contribution is 5.89. The largest absolute Gasteiger partial charge is 0.368 e. The number of carbonyl (C=O) groups excluding carboxylic acids is 2. The molecule has 2 amide bonds. The van der Waals surface area contributed by atoms with Gasteiger partial charge in [-0.15, -0.1) is 0 Å². The van der Waals surface area contributed by atoms with Crippen molar-refractivity contribution >= 4 is 11.8 Å². The highest BCUT2D eigenvalue weighted by Crippen LogP contribution is 2.22. The van der Waals surface area contributed by atoms with E-state index in [9.17, 15) is 9.59 Å². The van der Waals surface area contributed by atoms with Gasteiger partial charge in [0.2, 0.25) is 11.8 Å². The molecule has 0 radical (unpaired) electrons. The Balaban J connectivity index is 2.69. The lowest BCUT2D eigenvalue weighted by atomic mass is 9.99. The van der Waals surface area contributed by atoms with Crippen molar-refractivity contribution in [2.24, 2.45) is 11.7 Å². The summed E-state index contributed by atoms with van der Waals surface area (Å²) in [4.78, 5) is 23.9. The highest BCUT2D eigenvalue weighted by atomic mass is 16.2. The van der Waals surface area contributed by atoms with Crippen LogP contribution < -0.4 is 16.4 Å². The maximum Gasteiger partial charge on any atom is 0.240 e. The van der Waals surface area contributed by atoms with Crippen LogP contribution in [0.15, 0.2) is 24.3 Å². The number of hydrogen-bond acceptors (Lipinski definition) is 3. The minimum absolute atomic E-state index is 0.151. The van der Waals surface area contributed by atoms with Gasteiger partial charge in [-0.1, -0.05) is 38.2 Å². The molecule has 4 atom stereocenters. The maximum absolute atomic E-state index is 12.4. The predicted octanol–water partition coefficient (Wildman–Crippen LogP) is 1.26. The second-order valence-corrected chi connectivity index (χ2v) is 5.70. The molecule has 0 spiro atoms. The van der Waals surface area contributed by atoms with Gasteiger partial charge in [0.25, 0.3) is 0 Å². The second-order valence-electron chi connectivity index (χ2n) is 5.70. The van der Waals surface area contributed by atoms with Gasteiger partial charge in [0.15, 0.2) is 0 Å². The Bertz CT molecular complexity index is 431. The predicted molar refractivity (Wildman–Crippen MR) is 84.5 cm³/mol. The SMILES string of the molecule is C=C/C(=C\C)CC(NC(=O)C1NC(CC)CC1C)C(N)=O. The summed E-state index contributed by atoms with van der Waals surface area (Å²) in [6.45, 7) is 9.70. The van der Waals surface area contributed by atoms with E-state index in [1.807, 2.05) is 19.9 Å². The Kier molecular flexibility index (Phi) is 6.62. The summed E-state index contributed by atoms with van der Waals surface area (Å²) in [6.07, 6.45) is 5.87. The molecule has 1 fully saturated rings. The molecule has 4 N–H and O–H groups in total. The maximum atomic E-state index is 12.4. The standard InChI is InChI=1S/C16H27N3O2/c1-5-11(6-2)9-13(15(17)20)19-16(21)14-10(4)8-12(7-3)18-14/h5-6,10,12-14,18H,1,7-9H2,2-4H3,(H2,17,20)(H,19,21)/b11-6+. The zero-order chi connectivity index (χ0) is 16.0. The van der Waals surface area contributed by atoms with E-state index in [1.165, 1.54) is 0 Å². The van der Waals surface area contributed by atoms with Crippen molar-refractivity contribution in [1.29, 1.82) is 0 Å². The quantitative estimate of drug-likeness (QED) is 0.618. The van der Waals surface area contributed by atoms with E-state index >= 15 is 0 Å². The Labute approximate surface area is 127 Å². The lowest BCUT2D eigenvalue weighted by Gasteiger charge is -2.21. The summed E-state index contributed by atoms with van der Waals surface area (Å²) in [7, 11) is 0. The lowest BCUT2D eigenvalue weighted by molar-refractivity contribution is -0.128. The minimum Gasteiger partial charge on any atom is -0.368 e. The summed E-state index contributed by atoms with van der Waals surface area (Å²) >= 11 is 0. The van der Waals surface area contributed by atoms with E-state index in [1.54, 1.807) is 6.08 Å². The number of rotatable bonds is 7. The molecule has 1 aliphatic heterocycles. The van der Waals surface area contributed by atoms with Crippen LogP contribution in [0.25, 0.3) is 0 Å². The van der Waals surface area contributed by atoms with Crippen molar-refractivity contribution in [3.8, 4) is 0 Å². The number of carbonyl (C=O) groups is 2. The number of nitrogens with two attached hydrogens (primary N) is 1. The monoisotopic (exact) mass is 293 g/mol. The molecule has 4 unspecified atom stereocenters. The van der Waals surface area contributed by atoms with Crippen LogP contribution in [0.5, 0.6) is 0 Å². The molecule has 1 heterocycles. The van der Waals surface area contributed by atoms with E-state index in [-0.39, 0.29) is 17.9 Å². The van der Waals surface area contributed by atoms with Crippen LogP contribution in [0.2, 0.25) is 0 Å². The molecule has 0 aromatic rings. The topological polar surface area (TPSA) is 84.2 Å². The van der Waals surface area contributed by atoms with Crippen LogP contribution in [0.1, 0.15) is 40.0 Å². The smallest absolute Gasteiger partial charge is 0.240 e. The van der Waals surface area contributed by atoms with Crippen LogP contribution >= 0.6 is 0 Å². The first kappa shape index (κ1) is 17.4. The average Bonchev–Trinajstić information content (AvgIpc) is 2.84. The first-order valence-corrected chi connectivity index (χ1v) is 7.56. The van der Waals surface area contributed by atoms with E-state index in [4.69, 9.17) is 5.73 Å². The zero-order valence-corrected chi connectivity index (χ0v) is 13.2. The third-order valence-corrected chi connectivity index (χ3v) is 4.15. The first-order chi connectivity index (χ1) is 9.92. The fourth-order valence-corrected chi connectivity index (χ4v) is 2.73. The van der Waals surface area contributed by atoms with E-state index in [0.717, 1.165) is 18.4 Å². The van der Waals surface area contributed by atoms with Gasteiger partial charge < -0.3 is 16.4 Å². The van der Waals surface area contributed by atoms with E-state index in [2.05, 4.69) is 24.1 Å². The molecule has 5 nitrogen and oxygen atoms in total. The Morgan fingerprint density at radius 1 is 1.52 bits per heavy atom. The van der Waals surface area contributed by atoms with Crippen molar-refractivity contribution in [3.05, 3.63) is 24.3 Å². The molecule has 0 bridgehead atoms. The second kappa shape index (κ2) is 7.98. The van der Waals surface area contributed by atoms with Gasteiger partial charge in [-0.05, 0) is 25.7 Å². The highest BCUT2D eigenvalue weighted by Gasteiger charge is 2.35. The van der Waals surface area contributed by atoms with Crippen LogP contribution in [0.4, 0.5) is 0 Å². The van der Waals surface area contributed by atoms with Crippen molar-refractivity contribution in [3.63, 3.8) is 0 Å². The molecule has 0 aromatic heterocycles. The summed E-state index contributed by atoms with van der Waals surface area (Å²) in [6, 6.07) is -0.590. The molecule has 21 heavy (non-hydrogen) atoms. The minimum atomic E-state index is -0.698. The molecular weight excluding hydrogens is 266 g/mol. The van der Waals surface area contributed by atoms with Gasteiger partial charge in [0, 0.05) is 12.5 Å². The van der Waals surface area contributed by atoms with Gasteiger partial charge in [-0.2, -0.15) is 0 Å². The summed E-state index contributed by atoms with van der Waals surface area (Å²) in [5.74, 6) is -0.423. The van der Waals surface area contributed by atoms with Gasteiger partial charge in [-0.25, -0.2) is 0 Å². The molecule has 1 saturated heterocycles. The Morgan fingerprint density at radius 2 is 2.19 bits per heavy atom. The molecule has 118 valence electrons. The number of nitrogens with one attached hydrogen (secondary N) is 2. The first-order valence-electron chi connectivity index (χ1n) is 7.56. The number of amides is 2. The normalized spacial score (nSPS) is 27.2. The van der Waals surface area contributed by atoms with Crippen molar-refractivity contribution < 1.29 is 9.59 Å². The van der Waals surface area contributed by atoms with Crippen LogP contribution in [-0.4, -0.2) is 29.9 Å². The van der Waals surface area contributed by atoms with Crippen molar-refractivity contribution in [2.45, 2.75) is 58.2 Å². The molecule has 0 aromatic carbocycles. The third kappa shape index (κ3) is 4.70. The number of primary amides is 1. The zero-order valence-electron chi connectivity index (χ0n) is 13.2. The van der Waals surface area contributed by atoms with E-state index < -0.39 is 11.9 Å². The lowest BCUT2D eigenvalue weighted by Crippen LogP contribution is -2.52. The summed E-state index contributed by atoms with van der Waals surface area (Å²) < 4.78 is 0. The summed E-state index contributed by atoms with van der Waals surface area (Å²) in [5.41, 5.74) is 6.28. The number of allylic oxidation sites excluding steroid dienone is 2. The number of hydrogen-bond donors (Lipinski definition) is 3. The molecule has 1 rings (SSSR count). The molecule has 0 saturated carbocycles. The fraction of sp³-hybridized carbons (Fsp3) is 0.625. The third-order valence-electron chi connectivity index (χ3n) is 4.15. The Morgan fingerprint density at radius 3 is 2.62 bits per heavy atom. The molecule has 5 heteroatoms. The van der Waals surface area contributed by atoms with Gasteiger partial charge in [0.1, 0.15) is 6.04 Å². The van der Waals surface area contributed by atoms with Crippen molar-refractivity contribution in [1.82, 2.24) is 10.6 Å². The molecule has 0 aliphatic carbocycles. The van der Waals surface area contributed by atoms with Crippen LogP contribution in [0, 0.1) is 5.92 Å². The van der Waals surface area contributed by atoms with Crippen LogP contribution in [-0.2, 0) is 9.59 Å². The van der Waals surface area contributed by atoms with Crippen molar-refractivity contribution in [2.75, 3.05) is 0 Å². The van der Waals surface area contributed by atoms with Gasteiger partial charge >= 0.3 is 0 Å². The Hall–Kier alpha value is -1.62. The van der Waals surface area contributed by atoms with Gasteiger partial charge in [-0.3, -0.25) is 9.59 Å². The summed E-state index contributed by atoms with van der Waals surface area (Å²) in [5, 5.41) is 6.08.